The number of alkyl halides is 2. The quantitative estimate of drug-likeness (QED) is 0.535. The van der Waals surface area contributed by atoms with Crippen LogP contribution in [0.4, 0.5) is 16.2 Å². The van der Waals surface area contributed by atoms with Crippen molar-refractivity contribution in [3.63, 3.8) is 0 Å². The van der Waals surface area contributed by atoms with Gasteiger partial charge < -0.3 is 20.5 Å². The third-order valence-electron chi connectivity index (χ3n) is 4.38. The minimum absolute atomic E-state index is 0.0732. The van der Waals surface area contributed by atoms with Gasteiger partial charge in [-0.2, -0.15) is 9.97 Å². The van der Waals surface area contributed by atoms with Crippen LogP contribution in [0.2, 0.25) is 0 Å². The summed E-state index contributed by atoms with van der Waals surface area (Å²) in [6.45, 7) is 4.00. The number of rotatable bonds is 4. The lowest BCUT2D eigenvalue weighted by Gasteiger charge is -2.24. The molecule has 24 heavy (non-hydrogen) atoms. The number of hydrogen-bond donors (Lipinski definition) is 2. The summed E-state index contributed by atoms with van der Waals surface area (Å²) in [6, 6.07) is 0. The first kappa shape index (κ1) is 17.5. The van der Waals surface area contributed by atoms with E-state index in [1.165, 1.54) is 17.8 Å². The molecule has 10 heteroatoms. The fraction of sp³-hybridized carbons (Fsp3) is 0.643. The summed E-state index contributed by atoms with van der Waals surface area (Å²) >= 11 is 2.06. The molecule has 0 unspecified atom stereocenters. The van der Waals surface area contributed by atoms with Crippen LogP contribution in [-0.2, 0) is 4.74 Å². The van der Waals surface area contributed by atoms with Crippen molar-refractivity contribution in [3.8, 4) is 0 Å². The predicted octanol–water partition coefficient (Wildman–Crippen LogP) is 1.29. The van der Waals surface area contributed by atoms with Crippen LogP contribution in [-0.4, -0.2) is 60.5 Å². The van der Waals surface area contributed by atoms with Crippen molar-refractivity contribution >= 4 is 45.5 Å². The van der Waals surface area contributed by atoms with Crippen LogP contribution in [0.1, 0.15) is 20.1 Å². The van der Waals surface area contributed by atoms with Crippen molar-refractivity contribution in [2.75, 3.05) is 28.7 Å². The molecule has 0 radical (unpaired) electrons. The average Bonchev–Trinajstić information content (AvgIpc) is 3.05. The van der Waals surface area contributed by atoms with E-state index in [1.54, 1.807) is 0 Å². The highest BCUT2D eigenvalue weighted by Gasteiger charge is 2.55. The number of nitrogens with zero attached hydrogens (tertiary/aromatic N) is 5. The molecule has 4 atom stereocenters. The van der Waals surface area contributed by atoms with Crippen LogP contribution in [0, 0.1) is 0 Å². The summed E-state index contributed by atoms with van der Waals surface area (Å²) in [5.74, 6) is 0.646. The molecule has 0 aliphatic carbocycles. The highest BCUT2D eigenvalue weighted by molar-refractivity contribution is 14.1. The van der Waals surface area contributed by atoms with Gasteiger partial charge in [0, 0.05) is 18.0 Å². The zero-order valence-electron chi connectivity index (χ0n) is 13.6. The predicted molar refractivity (Wildman–Crippen MR) is 97.0 cm³/mol. The van der Waals surface area contributed by atoms with Crippen LogP contribution >= 0.6 is 22.6 Å². The molecule has 1 fully saturated rings. The van der Waals surface area contributed by atoms with Crippen molar-refractivity contribution in [2.45, 2.75) is 38.0 Å². The van der Waals surface area contributed by atoms with Crippen molar-refractivity contribution in [1.29, 1.82) is 0 Å². The smallest absolute Gasteiger partial charge is 0.224 e. The Balaban J connectivity index is 2.13. The molecule has 132 valence electrons. The molecule has 0 bridgehead atoms. The van der Waals surface area contributed by atoms with Gasteiger partial charge in [0.25, 0.3) is 0 Å². The maximum absolute atomic E-state index is 15.1. The molecular weight excluding hydrogens is 430 g/mol. The number of imidazole rings is 1. The third kappa shape index (κ3) is 2.60. The lowest BCUT2D eigenvalue weighted by atomic mass is 9.99. The summed E-state index contributed by atoms with van der Waals surface area (Å²) in [4.78, 5) is 14.6. The van der Waals surface area contributed by atoms with Gasteiger partial charge in [0.05, 0.1) is 12.4 Å². The van der Waals surface area contributed by atoms with Gasteiger partial charge in [0.1, 0.15) is 6.10 Å². The SMILES string of the molecule is CCN(C)c1nc(N)nc2c1ncn2[C@@H]1O[C@H](CI)[C@@H](O)[C@@]1(C)F. The zero-order chi connectivity index (χ0) is 17.6. The number of halogens is 2. The summed E-state index contributed by atoms with van der Waals surface area (Å²) in [7, 11) is 1.86. The van der Waals surface area contributed by atoms with Crippen molar-refractivity contribution in [2.24, 2.45) is 0 Å². The Morgan fingerprint density at radius 1 is 1.54 bits per heavy atom. The molecule has 3 N–H and O–H groups in total. The zero-order valence-corrected chi connectivity index (χ0v) is 15.8. The van der Waals surface area contributed by atoms with Crippen LogP contribution < -0.4 is 10.6 Å². The van der Waals surface area contributed by atoms with E-state index < -0.39 is 24.1 Å². The molecule has 2 aromatic heterocycles. The number of nitrogens with two attached hydrogens (primary N) is 1. The molecule has 0 saturated carbocycles. The van der Waals surface area contributed by atoms with E-state index in [9.17, 15) is 5.11 Å². The van der Waals surface area contributed by atoms with E-state index in [0.29, 0.717) is 28.0 Å². The van der Waals surface area contributed by atoms with Gasteiger partial charge in [0.2, 0.25) is 5.95 Å². The van der Waals surface area contributed by atoms with Gasteiger partial charge >= 0.3 is 0 Å². The van der Waals surface area contributed by atoms with E-state index >= 15 is 4.39 Å². The second kappa shape index (κ2) is 6.23. The Hall–Kier alpha value is -1.27. The third-order valence-corrected chi connectivity index (χ3v) is 5.25. The molecule has 1 aliphatic heterocycles. The summed E-state index contributed by atoms with van der Waals surface area (Å²) in [5, 5.41) is 10.2. The fourth-order valence-corrected chi connectivity index (χ4v) is 3.54. The monoisotopic (exact) mass is 450 g/mol. The van der Waals surface area contributed by atoms with E-state index in [4.69, 9.17) is 10.5 Å². The Morgan fingerprint density at radius 3 is 2.83 bits per heavy atom. The minimum Gasteiger partial charge on any atom is -0.387 e. The van der Waals surface area contributed by atoms with Crippen LogP contribution in [0.5, 0.6) is 0 Å². The Labute approximate surface area is 152 Å². The van der Waals surface area contributed by atoms with Gasteiger partial charge in [-0.05, 0) is 13.8 Å². The highest BCUT2D eigenvalue weighted by Crippen LogP contribution is 2.43. The number of anilines is 2. The molecule has 3 heterocycles. The number of aromatic nitrogens is 4. The maximum Gasteiger partial charge on any atom is 0.224 e. The highest BCUT2D eigenvalue weighted by atomic mass is 127. The van der Waals surface area contributed by atoms with Gasteiger partial charge in [-0.1, -0.05) is 22.6 Å². The number of fused-ring (bicyclic) bond motifs is 1. The van der Waals surface area contributed by atoms with Crippen LogP contribution in [0.3, 0.4) is 0 Å². The molecule has 1 saturated heterocycles. The lowest BCUT2D eigenvalue weighted by Crippen LogP contribution is -2.40. The summed E-state index contributed by atoms with van der Waals surface area (Å²) < 4.78 is 22.8. The lowest BCUT2D eigenvalue weighted by molar-refractivity contribution is -0.0413. The van der Waals surface area contributed by atoms with Gasteiger partial charge in [-0.25, -0.2) is 9.37 Å². The molecule has 8 nitrogen and oxygen atoms in total. The van der Waals surface area contributed by atoms with Gasteiger partial charge in [-0.15, -0.1) is 0 Å². The van der Waals surface area contributed by atoms with Gasteiger partial charge in [0.15, 0.2) is 28.9 Å². The van der Waals surface area contributed by atoms with Crippen LogP contribution in [0.15, 0.2) is 6.33 Å². The fourth-order valence-electron chi connectivity index (χ4n) is 2.85. The van der Waals surface area contributed by atoms with Crippen molar-refractivity contribution < 1.29 is 14.2 Å². The Morgan fingerprint density at radius 2 is 2.25 bits per heavy atom. The molecule has 0 aromatic carbocycles. The molecule has 2 aromatic rings. The number of aliphatic hydroxyl groups is 1. The Kier molecular flexibility index (Phi) is 4.55. The summed E-state index contributed by atoms with van der Waals surface area (Å²) in [6.07, 6.45) is -1.41. The first-order valence-corrected chi connectivity index (χ1v) is 9.13. The van der Waals surface area contributed by atoms with E-state index in [2.05, 4.69) is 37.5 Å². The molecule has 1 aliphatic rings. The van der Waals surface area contributed by atoms with E-state index in [0.717, 1.165) is 0 Å². The number of ether oxygens (including phenoxy) is 1. The second-order valence-corrected chi connectivity index (χ2v) is 6.90. The number of aliphatic hydroxyl groups excluding tert-OH is 1. The normalized spacial score (nSPS) is 30.2. The topological polar surface area (TPSA) is 102 Å². The molecule has 0 amide bonds. The standard InChI is InChI=1S/C14H20FIN6O2/c1-4-21(3)10-8-11(20-13(17)19-10)22(6-18-8)12-14(2,15)9(23)7(5-16)24-12/h6-7,9,12,23H,4-5H2,1-3H3,(H2,17,19,20)/t7-,9-,12-,14-/m1/s1. The molecular formula is C14H20FIN6O2. The number of hydrogen-bond acceptors (Lipinski definition) is 7. The maximum atomic E-state index is 15.1. The van der Waals surface area contributed by atoms with E-state index in [-0.39, 0.29) is 5.95 Å². The second-order valence-electron chi connectivity index (χ2n) is 6.02. The van der Waals surface area contributed by atoms with Crippen molar-refractivity contribution in [1.82, 2.24) is 19.5 Å². The van der Waals surface area contributed by atoms with Gasteiger partial charge in [-0.3, -0.25) is 4.57 Å². The first-order valence-electron chi connectivity index (χ1n) is 7.60. The largest absolute Gasteiger partial charge is 0.387 e. The van der Waals surface area contributed by atoms with E-state index in [1.807, 2.05) is 18.9 Å². The molecule has 3 rings (SSSR count). The Bertz CT molecular complexity index is 754. The molecule has 0 spiro atoms. The minimum atomic E-state index is -1.97. The van der Waals surface area contributed by atoms with Crippen molar-refractivity contribution in [3.05, 3.63) is 6.33 Å². The average molecular weight is 450 g/mol. The number of nitrogen functional groups attached to an aromatic ring is 1. The summed E-state index contributed by atoms with van der Waals surface area (Å²) in [5.41, 5.74) is 4.74. The first-order chi connectivity index (χ1) is 11.3. The van der Waals surface area contributed by atoms with Crippen LogP contribution in [0.25, 0.3) is 11.2 Å².